The molecule has 0 heterocycles. The Bertz CT molecular complexity index is 598. The molecule has 1 N–H and O–H groups in total. The summed E-state index contributed by atoms with van der Waals surface area (Å²) < 4.78 is 6.37. The predicted octanol–water partition coefficient (Wildman–Crippen LogP) is 3.64. The van der Waals surface area contributed by atoms with E-state index in [0.717, 1.165) is 4.47 Å². The van der Waals surface area contributed by atoms with Crippen LogP contribution in [-0.4, -0.2) is 10.0 Å². The average molecular weight is 324 g/mol. The van der Waals surface area contributed by atoms with Gasteiger partial charge in [0.05, 0.1) is 11.5 Å². The summed E-state index contributed by atoms with van der Waals surface area (Å²) in [4.78, 5) is 10.4. The van der Waals surface area contributed by atoms with E-state index in [1.165, 1.54) is 12.1 Å². The fourth-order valence-electron chi connectivity index (χ4n) is 1.52. The first-order chi connectivity index (χ1) is 9.10. The van der Waals surface area contributed by atoms with Gasteiger partial charge in [0, 0.05) is 10.5 Å². The van der Waals surface area contributed by atoms with E-state index in [-0.39, 0.29) is 18.0 Å². The first-order valence-electron chi connectivity index (χ1n) is 5.42. The smallest absolute Gasteiger partial charge is 0.311 e. The molecule has 2 aromatic rings. The molecule has 0 aliphatic carbocycles. The molecule has 0 aliphatic heterocycles. The first kappa shape index (κ1) is 13.5. The van der Waals surface area contributed by atoms with Crippen LogP contribution in [0.1, 0.15) is 5.56 Å². The van der Waals surface area contributed by atoms with Gasteiger partial charge in [0.2, 0.25) is 5.75 Å². The molecule has 2 aromatic carbocycles. The molecular formula is C13H10BrNO4. The van der Waals surface area contributed by atoms with Gasteiger partial charge in [-0.25, -0.2) is 0 Å². The molecule has 0 bridgehead atoms. The molecule has 0 aliphatic rings. The Kier molecular flexibility index (Phi) is 4.13. The van der Waals surface area contributed by atoms with Crippen LogP contribution in [0.25, 0.3) is 0 Å². The third-order valence-corrected chi connectivity index (χ3v) is 2.97. The molecular weight excluding hydrogens is 314 g/mol. The zero-order valence-electron chi connectivity index (χ0n) is 9.75. The predicted molar refractivity (Wildman–Crippen MR) is 73.2 cm³/mol. The lowest BCUT2D eigenvalue weighted by molar-refractivity contribution is -0.385. The number of hydrogen-bond acceptors (Lipinski definition) is 4. The summed E-state index contributed by atoms with van der Waals surface area (Å²) in [5, 5.41) is 20.0. The summed E-state index contributed by atoms with van der Waals surface area (Å²) in [6.45, 7) is -0.251. The molecule has 98 valence electrons. The van der Waals surface area contributed by atoms with Gasteiger partial charge in [0.25, 0.3) is 0 Å². The maximum Gasteiger partial charge on any atom is 0.311 e. The van der Waals surface area contributed by atoms with Crippen molar-refractivity contribution in [3.05, 3.63) is 62.6 Å². The number of ether oxygens (including phenoxy) is 1. The molecule has 0 fully saturated rings. The first-order valence-corrected chi connectivity index (χ1v) is 6.21. The molecule has 0 amide bonds. The minimum Gasteiger partial charge on any atom is -0.450 e. The number of rotatable bonds is 4. The standard InChI is InChI=1S/C13H10BrNO4/c14-10-2-4-11(5-3-10)19-13-6-1-9(8-16)7-12(13)15(17)18/h1-7,16H,8H2. The lowest BCUT2D eigenvalue weighted by Crippen LogP contribution is -1.95. The van der Waals surface area contributed by atoms with Crippen molar-refractivity contribution in [2.24, 2.45) is 0 Å². The summed E-state index contributed by atoms with van der Waals surface area (Å²) in [5.74, 6) is 0.646. The van der Waals surface area contributed by atoms with Crippen molar-refractivity contribution < 1.29 is 14.8 Å². The van der Waals surface area contributed by atoms with Crippen LogP contribution in [-0.2, 0) is 6.61 Å². The maximum atomic E-state index is 11.0. The van der Waals surface area contributed by atoms with Gasteiger partial charge in [-0.05, 0) is 35.9 Å². The van der Waals surface area contributed by atoms with Crippen LogP contribution in [0, 0.1) is 10.1 Å². The maximum absolute atomic E-state index is 11.0. The van der Waals surface area contributed by atoms with Gasteiger partial charge in [0.15, 0.2) is 0 Å². The number of aliphatic hydroxyl groups excluding tert-OH is 1. The third kappa shape index (κ3) is 3.30. The number of nitrogens with zero attached hydrogens (tertiary/aromatic N) is 1. The van der Waals surface area contributed by atoms with Gasteiger partial charge >= 0.3 is 5.69 Å². The highest BCUT2D eigenvalue weighted by Crippen LogP contribution is 2.32. The van der Waals surface area contributed by atoms with E-state index in [1.54, 1.807) is 30.3 Å². The lowest BCUT2D eigenvalue weighted by Gasteiger charge is -2.07. The molecule has 0 saturated carbocycles. The Balaban J connectivity index is 2.33. The van der Waals surface area contributed by atoms with Gasteiger partial charge in [-0.1, -0.05) is 22.0 Å². The van der Waals surface area contributed by atoms with Crippen LogP contribution in [0.15, 0.2) is 46.9 Å². The quantitative estimate of drug-likeness (QED) is 0.688. The van der Waals surface area contributed by atoms with Crippen LogP contribution in [0.5, 0.6) is 11.5 Å². The van der Waals surface area contributed by atoms with Crippen molar-refractivity contribution in [2.45, 2.75) is 6.61 Å². The van der Waals surface area contributed by atoms with E-state index in [0.29, 0.717) is 11.3 Å². The van der Waals surface area contributed by atoms with E-state index >= 15 is 0 Å². The van der Waals surface area contributed by atoms with Crippen LogP contribution < -0.4 is 4.74 Å². The minimum atomic E-state index is -0.534. The molecule has 0 aromatic heterocycles. The zero-order chi connectivity index (χ0) is 13.8. The van der Waals surface area contributed by atoms with Crippen LogP contribution >= 0.6 is 15.9 Å². The van der Waals surface area contributed by atoms with Gasteiger partial charge in [-0.15, -0.1) is 0 Å². The fourth-order valence-corrected chi connectivity index (χ4v) is 1.78. The van der Waals surface area contributed by atoms with Crippen molar-refractivity contribution in [3.63, 3.8) is 0 Å². The van der Waals surface area contributed by atoms with Crippen LogP contribution in [0.3, 0.4) is 0 Å². The number of nitro groups is 1. The number of nitro benzene ring substituents is 1. The summed E-state index contributed by atoms with van der Waals surface area (Å²) in [6, 6.07) is 11.3. The van der Waals surface area contributed by atoms with Gasteiger partial charge < -0.3 is 9.84 Å². The fraction of sp³-hybridized carbons (Fsp3) is 0.0769. The van der Waals surface area contributed by atoms with E-state index in [4.69, 9.17) is 9.84 Å². The number of aliphatic hydroxyl groups is 1. The van der Waals surface area contributed by atoms with E-state index in [2.05, 4.69) is 15.9 Å². The summed E-state index contributed by atoms with van der Waals surface area (Å²) in [7, 11) is 0. The van der Waals surface area contributed by atoms with Crippen molar-refractivity contribution in [2.75, 3.05) is 0 Å². The largest absolute Gasteiger partial charge is 0.450 e. The van der Waals surface area contributed by atoms with Crippen molar-refractivity contribution in [1.82, 2.24) is 0 Å². The third-order valence-electron chi connectivity index (χ3n) is 2.44. The molecule has 2 rings (SSSR count). The Morgan fingerprint density at radius 1 is 1.21 bits per heavy atom. The molecule has 5 nitrogen and oxygen atoms in total. The number of hydrogen-bond donors (Lipinski definition) is 1. The molecule has 19 heavy (non-hydrogen) atoms. The van der Waals surface area contributed by atoms with E-state index < -0.39 is 4.92 Å². The molecule has 0 radical (unpaired) electrons. The van der Waals surface area contributed by atoms with Gasteiger partial charge in [-0.2, -0.15) is 0 Å². The summed E-state index contributed by atoms with van der Waals surface area (Å²) in [5.41, 5.74) is 0.296. The monoisotopic (exact) mass is 323 g/mol. The average Bonchev–Trinajstić information content (AvgIpc) is 2.41. The Hall–Kier alpha value is -1.92. The second kappa shape index (κ2) is 5.81. The SMILES string of the molecule is O=[N+]([O-])c1cc(CO)ccc1Oc1ccc(Br)cc1. The number of benzene rings is 2. The summed E-state index contributed by atoms with van der Waals surface area (Å²) in [6.07, 6.45) is 0. The van der Waals surface area contributed by atoms with Gasteiger partial charge in [0.1, 0.15) is 5.75 Å². The lowest BCUT2D eigenvalue weighted by atomic mass is 10.2. The second-order valence-electron chi connectivity index (χ2n) is 3.77. The zero-order valence-corrected chi connectivity index (χ0v) is 11.3. The van der Waals surface area contributed by atoms with Crippen molar-refractivity contribution in [1.29, 1.82) is 0 Å². The molecule has 0 unspecified atom stereocenters. The molecule has 0 spiro atoms. The van der Waals surface area contributed by atoms with Crippen molar-refractivity contribution >= 4 is 21.6 Å². The normalized spacial score (nSPS) is 10.2. The number of halogens is 1. The highest BCUT2D eigenvalue weighted by molar-refractivity contribution is 9.10. The summed E-state index contributed by atoms with van der Waals surface area (Å²) >= 11 is 3.30. The Morgan fingerprint density at radius 2 is 1.89 bits per heavy atom. The van der Waals surface area contributed by atoms with Gasteiger partial charge in [-0.3, -0.25) is 10.1 Å². The Morgan fingerprint density at radius 3 is 2.47 bits per heavy atom. The van der Waals surface area contributed by atoms with Crippen molar-refractivity contribution in [3.8, 4) is 11.5 Å². The highest BCUT2D eigenvalue weighted by Gasteiger charge is 2.16. The van der Waals surface area contributed by atoms with E-state index in [9.17, 15) is 10.1 Å². The highest BCUT2D eigenvalue weighted by atomic mass is 79.9. The van der Waals surface area contributed by atoms with Crippen LogP contribution in [0.4, 0.5) is 5.69 Å². The molecule has 6 heteroatoms. The molecule has 0 saturated heterocycles. The Labute approximate surface area is 117 Å². The molecule has 0 atom stereocenters. The minimum absolute atomic E-state index is 0.143. The van der Waals surface area contributed by atoms with E-state index in [1.807, 2.05) is 0 Å². The second-order valence-corrected chi connectivity index (χ2v) is 4.69. The topological polar surface area (TPSA) is 72.6 Å². The van der Waals surface area contributed by atoms with Crippen LogP contribution in [0.2, 0.25) is 0 Å².